The van der Waals surface area contributed by atoms with Crippen LogP contribution in [0.3, 0.4) is 0 Å². The number of hydrogen-bond acceptors (Lipinski definition) is 2. The van der Waals surface area contributed by atoms with Crippen LogP contribution in [0.2, 0.25) is 0 Å². The average molecular weight is 249 g/mol. The molecular formula is C11H9BrN2. The van der Waals surface area contributed by atoms with Crippen LogP contribution in [0.5, 0.6) is 0 Å². The largest absolute Gasteiger partial charge is 0.264 e. The van der Waals surface area contributed by atoms with Crippen LogP contribution in [-0.2, 0) is 0 Å². The fourth-order valence-corrected chi connectivity index (χ4v) is 1.79. The van der Waals surface area contributed by atoms with E-state index in [0.717, 1.165) is 21.3 Å². The Hall–Kier alpha value is -1.22. The molecule has 2 aromatic rings. The molecular weight excluding hydrogens is 240 g/mol. The Morgan fingerprint density at radius 1 is 1.29 bits per heavy atom. The van der Waals surface area contributed by atoms with Gasteiger partial charge < -0.3 is 0 Å². The molecule has 2 heterocycles. The molecule has 70 valence electrons. The van der Waals surface area contributed by atoms with Crippen LogP contribution >= 0.6 is 15.9 Å². The minimum Gasteiger partial charge on any atom is -0.264 e. The molecule has 14 heavy (non-hydrogen) atoms. The fourth-order valence-electron chi connectivity index (χ4n) is 1.35. The van der Waals surface area contributed by atoms with Crippen LogP contribution in [0.4, 0.5) is 0 Å². The standard InChI is InChI=1S/C11H9BrN2/c1-8-5-10(12)7-14-11(8)9-3-2-4-13-6-9/h2-7H,1H3. The summed E-state index contributed by atoms with van der Waals surface area (Å²) in [5.74, 6) is 0. The molecule has 0 spiro atoms. The van der Waals surface area contributed by atoms with E-state index in [0.29, 0.717) is 0 Å². The molecule has 3 heteroatoms. The van der Waals surface area contributed by atoms with Crippen molar-refractivity contribution in [3.63, 3.8) is 0 Å². The predicted molar refractivity (Wildman–Crippen MR) is 59.9 cm³/mol. The van der Waals surface area contributed by atoms with Crippen molar-refractivity contribution < 1.29 is 0 Å². The Kier molecular flexibility index (Phi) is 2.59. The van der Waals surface area contributed by atoms with Crippen LogP contribution in [0.15, 0.2) is 41.3 Å². The summed E-state index contributed by atoms with van der Waals surface area (Å²) in [5.41, 5.74) is 3.19. The highest BCUT2D eigenvalue weighted by atomic mass is 79.9. The summed E-state index contributed by atoms with van der Waals surface area (Å²) >= 11 is 3.39. The van der Waals surface area contributed by atoms with E-state index in [4.69, 9.17) is 0 Å². The molecule has 0 amide bonds. The number of aryl methyl sites for hydroxylation is 1. The van der Waals surface area contributed by atoms with E-state index in [-0.39, 0.29) is 0 Å². The summed E-state index contributed by atoms with van der Waals surface area (Å²) in [6, 6.07) is 5.98. The van der Waals surface area contributed by atoms with Gasteiger partial charge in [0.2, 0.25) is 0 Å². The van der Waals surface area contributed by atoms with Crippen molar-refractivity contribution in [2.75, 3.05) is 0 Å². The molecule has 0 aliphatic heterocycles. The molecule has 0 atom stereocenters. The van der Waals surface area contributed by atoms with E-state index < -0.39 is 0 Å². The molecule has 0 saturated carbocycles. The molecule has 0 unspecified atom stereocenters. The molecule has 0 bridgehead atoms. The van der Waals surface area contributed by atoms with Crippen molar-refractivity contribution in [2.45, 2.75) is 6.92 Å². The van der Waals surface area contributed by atoms with Crippen LogP contribution in [0, 0.1) is 6.92 Å². The van der Waals surface area contributed by atoms with Gasteiger partial charge in [-0.15, -0.1) is 0 Å². The van der Waals surface area contributed by atoms with Crippen molar-refractivity contribution in [1.82, 2.24) is 9.97 Å². The van der Waals surface area contributed by atoms with Gasteiger partial charge in [0.25, 0.3) is 0 Å². The third-order valence-corrected chi connectivity index (χ3v) is 2.41. The van der Waals surface area contributed by atoms with Gasteiger partial charge in [-0.2, -0.15) is 0 Å². The Balaban J connectivity index is 2.53. The zero-order chi connectivity index (χ0) is 9.97. The Bertz CT molecular complexity index is 440. The molecule has 2 rings (SSSR count). The number of rotatable bonds is 1. The van der Waals surface area contributed by atoms with Gasteiger partial charge in [0.1, 0.15) is 0 Å². The molecule has 2 nitrogen and oxygen atoms in total. The number of aromatic nitrogens is 2. The topological polar surface area (TPSA) is 25.8 Å². The fraction of sp³-hybridized carbons (Fsp3) is 0.0909. The lowest BCUT2D eigenvalue weighted by atomic mass is 10.1. The van der Waals surface area contributed by atoms with Crippen LogP contribution < -0.4 is 0 Å². The van der Waals surface area contributed by atoms with Gasteiger partial charge in [0, 0.05) is 28.6 Å². The van der Waals surface area contributed by atoms with Crippen molar-refractivity contribution >= 4 is 15.9 Å². The summed E-state index contributed by atoms with van der Waals surface area (Å²) in [6.07, 6.45) is 5.39. The normalized spacial score (nSPS) is 10.1. The number of hydrogen-bond donors (Lipinski definition) is 0. The zero-order valence-electron chi connectivity index (χ0n) is 7.74. The lowest BCUT2D eigenvalue weighted by Crippen LogP contribution is -1.88. The summed E-state index contributed by atoms with van der Waals surface area (Å²) in [4.78, 5) is 8.43. The maximum absolute atomic E-state index is 4.36. The van der Waals surface area contributed by atoms with E-state index in [1.807, 2.05) is 25.3 Å². The average Bonchev–Trinajstić information content (AvgIpc) is 2.19. The first kappa shape index (κ1) is 9.34. The minimum absolute atomic E-state index is 0.987. The molecule has 0 fully saturated rings. The van der Waals surface area contributed by atoms with Crippen LogP contribution in [0.1, 0.15) is 5.56 Å². The molecule has 0 saturated heterocycles. The SMILES string of the molecule is Cc1cc(Br)cnc1-c1cccnc1. The second-order valence-corrected chi connectivity index (χ2v) is 3.98. The highest BCUT2D eigenvalue weighted by Crippen LogP contribution is 2.22. The van der Waals surface area contributed by atoms with E-state index in [2.05, 4.69) is 32.0 Å². The number of halogens is 1. The molecule has 2 aromatic heterocycles. The van der Waals surface area contributed by atoms with Crippen LogP contribution in [0.25, 0.3) is 11.3 Å². The third kappa shape index (κ3) is 1.82. The minimum atomic E-state index is 0.987. The first-order valence-corrected chi connectivity index (χ1v) is 5.09. The first-order chi connectivity index (χ1) is 6.77. The van der Waals surface area contributed by atoms with E-state index in [1.54, 1.807) is 12.4 Å². The lowest BCUT2D eigenvalue weighted by Gasteiger charge is -2.03. The first-order valence-electron chi connectivity index (χ1n) is 4.30. The second-order valence-electron chi connectivity index (χ2n) is 3.06. The quantitative estimate of drug-likeness (QED) is 0.775. The highest BCUT2D eigenvalue weighted by Gasteiger charge is 2.02. The van der Waals surface area contributed by atoms with Gasteiger partial charge in [-0.1, -0.05) is 0 Å². The predicted octanol–water partition coefficient (Wildman–Crippen LogP) is 3.21. The zero-order valence-corrected chi connectivity index (χ0v) is 9.32. The van der Waals surface area contributed by atoms with Gasteiger partial charge in [-0.3, -0.25) is 9.97 Å². The summed E-state index contributed by atoms with van der Waals surface area (Å²) in [7, 11) is 0. The maximum Gasteiger partial charge on any atom is 0.0747 e. The molecule has 0 radical (unpaired) electrons. The second kappa shape index (κ2) is 3.88. The molecule has 0 aromatic carbocycles. The highest BCUT2D eigenvalue weighted by molar-refractivity contribution is 9.10. The third-order valence-electron chi connectivity index (χ3n) is 1.98. The molecule has 0 aliphatic rings. The van der Waals surface area contributed by atoms with Gasteiger partial charge >= 0.3 is 0 Å². The Labute approximate surface area is 91.2 Å². The van der Waals surface area contributed by atoms with E-state index >= 15 is 0 Å². The van der Waals surface area contributed by atoms with Gasteiger partial charge in [0.05, 0.1) is 5.69 Å². The number of pyridine rings is 2. The van der Waals surface area contributed by atoms with E-state index in [9.17, 15) is 0 Å². The maximum atomic E-state index is 4.36. The van der Waals surface area contributed by atoms with Crippen LogP contribution in [-0.4, -0.2) is 9.97 Å². The lowest BCUT2D eigenvalue weighted by molar-refractivity contribution is 1.23. The van der Waals surface area contributed by atoms with Crippen molar-refractivity contribution in [3.8, 4) is 11.3 Å². The van der Waals surface area contributed by atoms with Gasteiger partial charge in [-0.25, -0.2) is 0 Å². The molecule has 0 N–H and O–H groups in total. The summed E-state index contributed by atoms with van der Waals surface area (Å²) in [6.45, 7) is 2.04. The molecule has 0 aliphatic carbocycles. The Morgan fingerprint density at radius 2 is 2.14 bits per heavy atom. The van der Waals surface area contributed by atoms with Gasteiger partial charge in [0.15, 0.2) is 0 Å². The van der Waals surface area contributed by atoms with Crippen molar-refractivity contribution in [3.05, 3.63) is 46.8 Å². The monoisotopic (exact) mass is 248 g/mol. The summed E-state index contributed by atoms with van der Waals surface area (Å²) in [5, 5.41) is 0. The van der Waals surface area contributed by atoms with Gasteiger partial charge in [-0.05, 0) is 46.6 Å². The Morgan fingerprint density at radius 3 is 2.79 bits per heavy atom. The van der Waals surface area contributed by atoms with Crippen molar-refractivity contribution in [1.29, 1.82) is 0 Å². The smallest absolute Gasteiger partial charge is 0.0747 e. The summed E-state index contributed by atoms with van der Waals surface area (Å²) < 4.78 is 1.00. The van der Waals surface area contributed by atoms with E-state index in [1.165, 1.54) is 0 Å². The number of nitrogens with zero attached hydrogens (tertiary/aromatic N) is 2. The van der Waals surface area contributed by atoms with Crippen molar-refractivity contribution in [2.24, 2.45) is 0 Å².